The highest BCUT2D eigenvalue weighted by atomic mass is 16.2. The molecule has 5 heteroatoms. The van der Waals surface area contributed by atoms with E-state index in [1.165, 1.54) is 22.3 Å². The van der Waals surface area contributed by atoms with E-state index in [1.54, 1.807) is 31.0 Å². The summed E-state index contributed by atoms with van der Waals surface area (Å²) in [5, 5.41) is 9.62. The predicted molar refractivity (Wildman–Crippen MR) is 123 cm³/mol. The second-order valence-corrected chi connectivity index (χ2v) is 8.77. The third-order valence-electron chi connectivity index (χ3n) is 7.06. The summed E-state index contributed by atoms with van der Waals surface area (Å²) < 4.78 is 1.99. The van der Waals surface area contributed by atoms with Crippen molar-refractivity contribution in [3.8, 4) is 6.07 Å². The number of carbonyl (C=O) groups excluding carboxylic acids is 1. The van der Waals surface area contributed by atoms with Crippen molar-refractivity contribution < 1.29 is 4.79 Å². The van der Waals surface area contributed by atoms with Crippen molar-refractivity contribution in [1.82, 2.24) is 9.47 Å². The SMILES string of the molecule is Cc1c2n(ccc1=O)C(C1c3ccccc3CCc3ccccc31)CN(C(C)C#N)C2=O. The Morgan fingerprint density at radius 3 is 2.16 bits per heavy atom. The molecule has 2 aliphatic rings. The summed E-state index contributed by atoms with van der Waals surface area (Å²) >= 11 is 0. The Balaban J connectivity index is 1.79. The third kappa shape index (κ3) is 3.06. The lowest BCUT2D eigenvalue weighted by atomic mass is 9.81. The number of hydrogen-bond donors (Lipinski definition) is 0. The van der Waals surface area contributed by atoms with Crippen molar-refractivity contribution in [3.05, 3.63) is 105 Å². The second kappa shape index (κ2) is 7.80. The van der Waals surface area contributed by atoms with Crippen molar-refractivity contribution in [2.45, 2.75) is 44.7 Å². The van der Waals surface area contributed by atoms with Crippen LogP contribution in [0.25, 0.3) is 0 Å². The smallest absolute Gasteiger partial charge is 0.272 e. The van der Waals surface area contributed by atoms with Gasteiger partial charge in [-0.3, -0.25) is 9.59 Å². The molecule has 1 amide bonds. The number of fused-ring (bicyclic) bond motifs is 3. The maximum Gasteiger partial charge on any atom is 0.272 e. The van der Waals surface area contributed by atoms with E-state index in [1.807, 2.05) is 4.57 Å². The topological polar surface area (TPSA) is 66.1 Å². The van der Waals surface area contributed by atoms with Crippen molar-refractivity contribution >= 4 is 5.91 Å². The normalized spacial score (nSPS) is 18.7. The molecule has 1 aliphatic carbocycles. The second-order valence-electron chi connectivity index (χ2n) is 8.77. The quantitative estimate of drug-likeness (QED) is 0.626. The average molecular weight is 424 g/mol. The maximum absolute atomic E-state index is 13.4. The lowest BCUT2D eigenvalue weighted by Crippen LogP contribution is -2.50. The molecule has 2 atom stereocenters. The monoisotopic (exact) mass is 423 g/mol. The standard InChI is InChI=1S/C27H25N3O2/c1-17(15-28)30-16-23(29-14-13-24(31)18(2)26(29)27(30)32)25-21-9-5-3-7-19(21)11-12-20-8-4-6-10-22(20)25/h3-10,13-14,17,23,25H,11-12,16H2,1-2H3. The molecule has 0 radical (unpaired) electrons. The molecule has 2 aromatic carbocycles. The molecule has 2 unspecified atom stereocenters. The van der Waals surface area contributed by atoms with Crippen LogP contribution < -0.4 is 5.43 Å². The van der Waals surface area contributed by atoms with Crippen LogP contribution >= 0.6 is 0 Å². The van der Waals surface area contributed by atoms with E-state index >= 15 is 0 Å². The molecule has 1 aromatic heterocycles. The Kier molecular flexibility index (Phi) is 4.94. The molecule has 160 valence electrons. The molecule has 0 saturated carbocycles. The highest BCUT2D eigenvalue weighted by Gasteiger charge is 2.40. The van der Waals surface area contributed by atoms with Crippen LogP contribution in [0.3, 0.4) is 0 Å². The van der Waals surface area contributed by atoms with Gasteiger partial charge in [-0.05, 0) is 48.9 Å². The van der Waals surface area contributed by atoms with Crippen LogP contribution in [0.4, 0.5) is 0 Å². The minimum Gasteiger partial charge on any atom is -0.337 e. The number of aryl methyl sites for hydroxylation is 2. The minimum absolute atomic E-state index is 0.00652. The first-order valence-corrected chi connectivity index (χ1v) is 11.1. The summed E-state index contributed by atoms with van der Waals surface area (Å²) in [5.41, 5.74) is 5.81. The number of pyridine rings is 1. The lowest BCUT2D eigenvalue weighted by molar-refractivity contribution is 0.0621. The van der Waals surface area contributed by atoms with Gasteiger partial charge in [0.1, 0.15) is 11.7 Å². The Morgan fingerprint density at radius 1 is 0.969 bits per heavy atom. The number of rotatable bonds is 2. The molecule has 0 N–H and O–H groups in total. The van der Waals surface area contributed by atoms with Gasteiger partial charge in [0.15, 0.2) is 5.43 Å². The summed E-state index contributed by atoms with van der Waals surface area (Å²) in [7, 11) is 0. The highest BCUT2D eigenvalue weighted by Crippen LogP contribution is 2.43. The van der Waals surface area contributed by atoms with Crippen LogP contribution in [-0.2, 0) is 12.8 Å². The molecule has 5 rings (SSSR count). The van der Waals surface area contributed by atoms with Gasteiger partial charge >= 0.3 is 0 Å². The van der Waals surface area contributed by atoms with Gasteiger partial charge in [-0.2, -0.15) is 5.26 Å². The van der Waals surface area contributed by atoms with Crippen molar-refractivity contribution in [1.29, 1.82) is 5.26 Å². The number of nitriles is 1. The third-order valence-corrected chi connectivity index (χ3v) is 7.06. The zero-order chi connectivity index (χ0) is 22.4. The molecular weight excluding hydrogens is 398 g/mol. The Morgan fingerprint density at radius 2 is 1.56 bits per heavy atom. The summed E-state index contributed by atoms with van der Waals surface area (Å²) in [6.07, 6.45) is 3.69. The molecule has 3 aromatic rings. The average Bonchev–Trinajstić information content (AvgIpc) is 2.98. The number of benzene rings is 2. The van der Waals surface area contributed by atoms with Crippen molar-refractivity contribution in [2.75, 3.05) is 6.54 Å². The van der Waals surface area contributed by atoms with Crippen molar-refractivity contribution in [2.24, 2.45) is 0 Å². The fourth-order valence-corrected chi connectivity index (χ4v) is 5.37. The summed E-state index contributed by atoms with van der Waals surface area (Å²) in [6, 6.07) is 20.1. The predicted octanol–water partition coefficient (Wildman–Crippen LogP) is 4.00. The first-order valence-electron chi connectivity index (χ1n) is 11.1. The zero-order valence-electron chi connectivity index (χ0n) is 18.3. The van der Waals surface area contributed by atoms with Crippen LogP contribution in [0.1, 0.15) is 57.2 Å². The minimum atomic E-state index is -0.579. The Hall–Kier alpha value is -3.65. The molecule has 0 spiro atoms. The fourth-order valence-electron chi connectivity index (χ4n) is 5.37. The van der Waals surface area contributed by atoms with Crippen molar-refractivity contribution in [3.63, 3.8) is 0 Å². The first kappa shape index (κ1) is 20.3. The molecule has 2 heterocycles. The van der Waals surface area contributed by atoms with E-state index in [9.17, 15) is 14.9 Å². The molecule has 0 bridgehead atoms. The van der Waals surface area contributed by atoms with Gasteiger partial charge in [0.2, 0.25) is 0 Å². The van der Waals surface area contributed by atoms with Gasteiger partial charge in [-0.15, -0.1) is 0 Å². The van der Waals surface area contributed by atoms with E-state index in [0.717, 1.165) is 12.8 Å². The van der Waals surface area contributed by atoms with E-state index in [2.05, 4.69) is 54.6 Å². The number of nitrogens with zero attached hydrogens (tertiary/aromatic N) is 3. The highest BCUT2D eigenvalue weighted by molar-refractivity contribution is 5.95. The zero-order valence-corrected chi connectivity index (χ0v) is 18.3. The molecule has 0 fully saturated rings. The fraction of sp³-hybridized carbons (Fsp3) is 0.296. The summed E-state index contributed by atoms with van der Waals surface area (Å²) in [5.74, 6) is -0.243. The maximum atomic E-state index is 13.4. The van der Waals surface area contributed by atoms with Gasteiger partial charge in [0, 0.05) is 30.3 Å². The first-order chi connectivity index (χ1) is 15.5. The van der Waals surface area contributed by atoms with Crippen LogP contribution in [0.15, 0.2) is 65.6 Å². The van der Waals surface area contributed by atoms with E-state index in [4.69, 9.17) is 0 Å². The number of aromatic nitrogens is 1. The number of hydrogen-bond acceptors (Lipinski definition) is 3. The van der Waals surface area contributed by atoms with Crippen LogP contribution in [-0.4, -0.2) is 28.0 Å². The molecule has 5 nitrogen and oxygen atoms in total. The van der Waals surface area contributed by atoms with E-state index in [0.29, 0.717) is 17.8 Å². The number of carbonyl (C=O) groups is 1. The van der Waals surface area contributed by atoms with Gasteiger partial charge in [-0.1, -0.05) is 48.5 Å². The molecular formula is C27H25N3O2. The van der Waals surface area contributed by atoms with Gasteiger partial charge in [-0.25, -0.2) is 0 Å². The van der Waals surface area contributed by atoms with Crippen LogP contribution in [0.2, 0.25) is 0 Å². The van der Waals surface area contributed by atoms with Crippen LogP contribution in [0, 0.1) is 18.3 Å². The van der Waals surface area contributed by atoms with E-state index in [-0.39, 0.29) is 23.3 Å². The largest absolute Gasteiger partial charge is 0.337 e. The Bertz CT molecular complexity index is 1270. The van der Waals surface area contributed by atoms with Gasteiger partial charge in [0.05, 0.1) is 12.1 Å². The Labute approximate surface area is 187 Å². The summed E-state index contributed by atoms with van der Waals surface area (Å²) in [4.78, 5) is 27.5. The van der Waals surface area contributed by atoms with E-state index < -0.39 is 6.04 Å². The molecule has 0 saturated heterocycles. The van der Waals surface area contributed by atoms with Gasteiger partial charge in [0.25, 0.3) is 5.91 Å². The lowest BCUT2D eigenvalue weighted by Gasteiger charge is -2.42. The summed E-state index contributed by atoms with van der Waals surface area (Å²) in [6.45, 7) is 3.87. The molecule has 32 heavy (non-hydrogen) atoms. The van der Waals surface area contributed by atoms with Crippen LogP contribution in [0.5, 0.6) is 0 Å². The molecule has 1 aliphatic heterocycles. The van der Waals surface area contributed by atoms with Gasteiger partial charge < -0.3 is 9.47 Å². The number of amides is 1.